The van der Waals surface area contributed by atoms with Gasteiger partial charge in [0.15, 0.2) is 0 Å². The van der Waals surface area contributed by atoms with Crippen LogP contribution in [0.1, 0.15) is 44.6 Å². The molecule has 1 fully saturated rings. The van der Waals surface area contributed by atoms with Gasteiger partial charge in [0, 0.05) is 5.92 Å². The Bertz CT molecular complexity index is 573. The summed E-state index contributed by atoms with van der Waals surface area (Å²) in [6.45, 7) is 4.64. The highest BCUT2D eigenvalue weighted by Crippen LogP contribution is 2.19. The molecule has 1 saturated heterocycles. The number of rotatable bonds is 7. The van der Waals surface area contributed by atoms with E-state index in [1.165, 1.54) is 12.7 Å². The van der Waals surface area contributed by atoms with E-state index in [1.807, 2.05) is 18.2 Å². The van der Waals surface area contributed by atoms with Crippen LogP contribution in [-0.4, -0.2) is 43.1 Å². The van der Waals surface area contributed by atoms with Crippen molar-refractivity contribution in [1.29, 1.82) is 0 Å². The van der Waals surface area contributed by atoms with E-state index >= 15 is 0 Å². The highest BCUT2D eigenvalue weighted by atomic mass is 16.6. The number of ether oxygens (including phenoxy) is 2. The van der Waals surface area contributed by atoms with Crippen LogP contribution in [0.4, 0.5) is 4.79 Å². The number of benzene rings is 1. The molecular formula is C20H29NO5. The maximum absolute atomic E-state index is 12.2. The molecule has 1 heterocycles. The van der Waals surface area contributed by atoms with Crippen molar-refractivity contribution in [2.24, 2.45) is 5.92 Å². The predicted molar refractivity (Wildman–Crippen MR) is 98.5 cm³/mol. The summed E-state index contributed by atoms with van der Waals surface area (Å²) >= 11 is 0. The van der Waals surface area contributed by atoms with Gasteiger partial charge in [-0.25, -0.2) is 9.69 Å². The van der Waals surface area contributed by atoms with E-state index in [0.717, 1.165) is 24.2 Å². The van der Waals surface area contributed by atoms with Crippen LogP contribution in [0.15, 0.2) is 30.3 Å². The largest absolute Gasteiger partial charge is 0.469 e. The van der Waals surface area contributed by atoms with Gasteiger partial charge in [0.1, 0.15) is 6.61 Å². The number of carbonyl (C=O) groups is 3. The van der Waals surface area contributed by atoms with Crippen molar-refractivity contribution < 1.29 is 23.9 Å². The maximum atomic E-state index is 12.2. The molecule has 1 atom stereocenters. The summed E-state index contributed by atoms with van der Waals surface area (Å²) in [7, 11) is 1.29. The van der Waals surface area contributed by atoms with Crippen LogP contribution in [0, 0.1) is 12.8 Å². The van der Waals surface area contributed by atoms with E-state index in [1.54, 1.807) is 0 Å². The molecule has 144 valence electrons. The molecule has 1 aliphatic heterocycles. The minimum atomic E-state index is -0.615. The first kappa shape index (κ1) is 21.7. The molecule has 0 spiro atoms. The Labute approximate surface area is 155 Å². The highest BCUT2D eigenvalue weighted by Gasteiger charge is 2.34. The number of amides is 2. The number of imide groups is 1. The topological polar surface area (TPSA) is 72.9 Å². The fourth-order valence-electron chi connectivity index (χ4n) is 2.59. The first-order valence-corrected chi connectivity index (χ1v) is 9.06. The highest BCUT2D eigenvalue weighted by molar-refractivity contribution is 5.95. The van der Waals surface area contributed by atoms with E-state index in [9.17, 15) is 14.4 Å². The van der Waals surface area contributed by atoms with E-state index in [0.29, 0.717) is 6.42 Å². The van der Waals surface area contributed by atoms with Gasteiger partial charge in [-0.1, -0.05) is 62.1 Å². The number of aryl methyl sites for hydroxylation is 1. The summed E-state index contributed by atoms with van der Waals surface area (Å²) in [5, 5.41) is 0. The molecule has 0 N–H and O–H groups in total. The molecule has 1 aliphatic rings. The monoisotopic (exact) mass is 363 g/mol. The van der Waals surface area contributed by atoms with Crippen LogP contribution in [0.25, 0.3) is 0 Å². The van der Waals surface area contributed by atoms with Crippen LogP contribution in [-0.2, 0) is 19.1 Å². The van der Waals surface area contributed by atoms with Crippen molar-refractivity contribution in [3.05, 3.63) is 35.9 Å². The van der Waals surface area contributed by atoms with Crippen molar-refractivity contribution in [1.82, 2.24) is 4.90 Å². The normalized spacial score (nSPS) is 14.1. The minimum Gasteiger partial charge on any atom is -0.469 e. The second-order valence-corrected chi connectivity index (χ2v) is 6.23. The van der Waals surface area contributed by atoms with Crippen LogP contribution in [0.2, 0.25) is 0 Å². The van der Waals surface area contributed by atoms with Gasteiger partial charge in [-0.05, 0) is 13.3 Å². The Morgan fingerprint density at radius 1 is 1.23 bits per heavy atom. The Hall–Kier alpha value is -2.37. The maximum Gasteiger partial charge on any atom is 0.416 e. The van der Waals surface area contributed by atoms with Crippen LogP contribution in [0.5, 0.6) is 0 Å². The third-order valence-corrected chi connectivity index (χ3v) is 4.11. The third-order valence-electron chi connectivity index (χ3n) is 4.11. The van der Waals surface area contributed by atoms with E-state index in [4.69, 9.17) is 4.74 Å². The summed E-state index contributed by atoms with van der Waals surface area (Å²) in [4.78, 5) is 36.0. The van der Waals surface area contributed by atoms with Gasteiger partial charge in [-0.3, -0.25) is 9.59 Å². The molecule has 2 rings (SSSR count). The summed E-state index contributed by atoms with van der Waals surface area (Å²) in [5.41, 5.74) is 1.32. The zero-order valence-electron chi connectivity index (χ0n) is 15.9. The molecule has 1 unspecified atom stereocenters. The van der Waals surface area contributed by atoms with E-state index in [2.05, 4.69) is 30.7 Å². The van der Waals surface area contributed by atoms with Crippen molar-refractivity contribution >= 4 is 18.0 Å². The lowest BCUT2D eigenvalue weighted by Crippen LogP contribution is -2.37. The summed E-state index contributed by atoms with van der Waals surface area (Å²) in [6.07, 6.45) is 2.87. The van der Waals surface area contributed by atoms with Gasteiger partial charge in [-0.15, -0.1) is 0 Å². The summed E-state index contributed by atoms with van der Waals surface area (Å²) < 4.78 is 9.34. The standard InChI is InChI=1S/C13H21NO5.C7H8/c1-3-4-5-6-10(9-11(15)18-2)12(16)14-7-8-19-13(14)17;1-7-5-3-2-4-6-7/h10H,3-9H2,1-2H3;2-6H,1H3. The number of cyclic esters (lactones) is 1. The molecule has 0 radical (unpaired) electrons. The number of nitrogens with zero attached hydrogens (tertiary/aromatic N) is 1. The molecule has 6 heteroatoms. The first-order chi connectivity index (χ1) is 12.5. The zero-order valence-corrected chi connectivity index (χ0v) is 15.9. The molecule has 2 amide bonds. The quantitative estimate of drug-likeness (QED) is 0.545. The Morgan fingerprint density at radius 2 is 1.92 bits per heavy atom. The molecule has 0 aromatic heterocycles. The number of esters is 1. The molecule has 1 aromatic carbocycles. The molecule has 0 saturated carbocycles. The average molecular weight is 363 g/mol. The smallest absolute Gasteiger partial charge is 0.416 e. The molecular weight excluding hydrogens is 334 g/mol. The van der Waals surface area contributed by atoms with Gasteiger partial charge in [0.25, 0.3) is 0 Å². The lowest BCUT2D eigenvalue weighted by atomic mass is 9.96. The van der Waals surface area contributed by atoms with E-state index < -0.39 is 18.0 Å². The Balaban J connectivity index is 0.000000401. The van der Waals surface area contributed by atoms with E-state index in [-0.39, 0.29) is 25.5 Å². The SMILES string of the molecule is CCCCCC(CC(=O)OC)C(=O)N1CCOC1=O.Cc1ccccc1. The van der Waals surface area contributed by atoms with Crippen molar-refractivity contribution in [3.8, 4) is 0 Å². The lowest BCUT2D eigenvalue weighted by Gasteiger charge is -2.19. The molecule has 0 aliphatic carbocycles. The molecule has 1 aromatic rings. The fourth-order valence-corrected chi connectivity index (χ4v) is 2.59. The lowest BCUT2D eigenvalue weighted by molar-refractivity contribution is -0.146. The van der Waals surface area contributed by atoms with Gasteiger partial charge < -0.3 is 9.47 Å². The Morgan fingerprint density at radius 3 is 2.38 bits per heavy atom. The summed E-state index contributed by atoms with van der Waals surface area (Å²) in [5.74, 6) is -1.25. The fraction of sp³-hybridized carbons (Fsp3) is 0.550. The van der Waals surface area contributed by atoms with Gasteiger partial charge in [0.2, 0.25) is 5.91 Å². The van der Waals surface area contributed by atoms with Crippen molar-refractivity contribution in [2.45, 2.75) is 46.0 Å². The first-order valence-electron chi connectivity index (χ1n) is 9.06. The second kappa shape index (κ2) is 12.1. The number of hydrogen-bond donors (Lipinski definition) is 0. The number of unbranched alkanes of at least 4 members (excludes halogenated alkanes) is 2. The van der Waals surface area contributed by atoms with Gasteiger partial charge in [0.05, 0.1) is 20.1 Å². The van der Waals surface area contributed by atoms with Crippen molar-refractivity contribution in [2.75, 3.05) is 20.3 Å². The number of hydrogen-bond acceptors (Lipinski definition) is 5. The molecule has 6 nitrogen and oxygen atoms in total. The van der Waals surface area contributed by atoms with Gasteiger partial charge >= 0.3 is 12.1 Å². The number of methoxy groups -OCH3 is 1. The van der Waals surface area contributed by atoms with Crippen LogP contribution >= 0.6 is 0 Å². The van der Waals surface area contributed by atoms with Crippen LogP contribution in [0.3, 0.4) is 0 Å². The van der Waals surface area contributed by atoms with Gasteiger partial charge in [-0.2, -0.15) is 0 Å². The average Bonchev–Trinajstić information content (AvgIpc) is 3.07. The third kappa shape index (κ3) is 7.68. The second-order valence-electron chi connectivity index (χ2n) is 6.23. The molecule has 0 bridgehead atoms. The number of carbonyl (C=O) groups excluding carboxylic acids is 3. The molecule has 26 heavy (non-hydrogen) atoms. The minimum absolute atomic E-state index is 0.0167. The zero-order chi connectivity index (χ0) is 19.4. The van der Waals surface area contributed by atoms with Crippen LogP contribution < -0.4 is 0 Å². The Kier molecular flexibility index (Phi) is 10.1. The predicted octanol–water partition coefficient (Wildman–Crippen LogP) is 3.72. The summed E-state index contributed by atoms with van der Waals surface area (Å²) in [6, 6.07) is 10.3. The van der Waals surface area contributed by atoms with Crippen molar-refractivity contribution in [3.63, 3.8) is 0 Å².